The van der Waals surface area contributed by atoms with Crippen LogP contribution in [0.1, 0.15) is 12.0 Å². The molecule has 0 saturated carbocycles. The van der Waals surface area contributed by atoms with E-state index in [9.17, 15) is 4.79 Å². The Bertz CT molecular complexity index is 461. The second-order valence-corrected chi connectivity index (χ2v) is 5.85. The van der Waals surface area contributed by atoms with Gasteiger partial charge in [-0.25, -0.2) is 0 Å². The van der Waals surface area contributed by atoms with Gasteiger partial charge in [0, 0.05) is 30.0 Å². The van der Waals surface area contributed by atoms with Crippen LogP contribution >= 0.6 is 15.9 Å². The number of carbonyl (C=O) groups is 1. The van der Waals surface area contributed by atoms with Crippen molar-refractivity contribution in [3.05, 3.63) is 28.2 Å². The SMILES string of the molecule is COc1ccc(Br)cc1CN(C)C(=O)CC1CNC1. The van der Waals surface area contributed by atoms with Crippen molar-refractivity contribution in [3.63, 3.8) is 0 Å². The highest BCUT2D eigenvalue weighted by Gasteiger charge is 2.22. The van der Waals surface area contributed by atoms with Crippen molar-refractivity contribution < 1.29 is 9.53 Å². The minimum absolute atomic E-state index is 0.188. The van der Waals surface area contributed by atoms with Crippen molar-refractivity contribution in [2.45, 2.75) is 13.0 Å². The highest BCUT2D eigenvalue weighted by Crippen LogP contribution is 2.24. The summed E-state index contributed by atoms with van der Waals surface area (Å²) in [5.41, 5.74) is 1.01. The minimum atomic E-state index is 0.188. The van der Waals surface area contributed by atoms with Gasteiger partial charge in [0.15, 0.2) is 0 Å². The number of rotatable bonds is 5. The highest BCUT2D eigenvalue weighted by molar-refractivity contribution is 9.10. The lowest BCUT2D eigenvalue weighted by atomic mass is 9.98. The molecule has 1 aromatic carbocycles. The van der Waals surface area contributed by atoms with E-state index in [4.69, 9.17) is 4.74 Å². The Hall–Kier alpha value is -1.07. The fourth-order valence-corrected chi connectivity index (χ4v) is 2.52. The molecule has 1 fully saturated rings. The topological polar surface area (TPSA) is 41.6 Å². The summed E-state index contributed by atoms with van der Waals surface area (Å²) in [4.78, 5) is 13.8. The average Bonchev–Trinajstić information content (AvgIpc) is 2.33. The molecule has 2 rings (SSSR count). The number of halogens is 1. The van der Waals surface area contributed by atoms with E-state index in [-0.39, 0.29) is 5.91 Å². The molecule has 0 unspecified atom stereocenters. The van der Waals surface area contributed by atoms with Gasteiger partial charge in [0.25, 0.3) is 0 Å². The zero-order chi connectivity index (χ0) is 13.8. The van der Waals surface area contributed by atoms with Gasteiger partial charge >= 0.3 is 0 Å². The van der Waals surface area contributed by atoms with Crippen LogP contribution < -0.4 is 10.1 Å². The zero-order valence-electron chi connectivity index (χ0n) is 11.3. The maximum Gasteiger partial charge on any atom is 0.222 e. The van der Waals surface area contributed by atoms with Crippen LogP contribution in [0.3, 0.4) is 0 Å². The molecule has 5 heteroatoms. The van der Waals surface area contributed by atoms with Crippen LogP contribution in [0.25, 0.3) is 0 Å². The molecule has 1 aromatic rings. The fourth-order valence-electron chi connectivity index (χ4n) is 2.11. The monoisotopic (exact) mass is 326 g/mol. The van der Waals surface area contributed by atoms with Gasteiger partial charge in [-0.05, 0) is 37.2 Å². The van der Waals surface area contributed by atoms with E-state index < -0.39 is 0 Å². The molecule has 0 atom stereocenters. The third kappa shape index (κ3) is 3.70. The van der Waals surface area contributed by atoms with Gasteiger partial charge in [-0.15, -0.1) is 0 Å². The molecule has 0 spiro atoms. The minimum Gasteiger partial charge on any atom is -0.496 e. The first-order valence-electron chi connectivity index (χ1n) is 6.37. The Morgan fingerprint density at radius 1 is 1.53 bits per heavy atom. The maximum absolute atomic E-state index is 12.1. The highest BCUT2D eigenvalue weighted by atomic mass is 79.9. The average molecular weight is 327 g/mol. The molecule has 0 aromatic heterocycles. The summed E-state index contributed by atoms with van der Waals surface area (Å²) in [5, 5.41) is 3.18. The summed E-state index contributed by atoms with van der Waals surface area (Å²) in [7, 11) is 3.49. The number of carbonyl (C=O) groups excluding carboxylic acids is 1. The molecule has 104 valence electrons. The number of hydrogen-bond acceptors (Lipinski definition) is 3. The lowest BCUT2D eigenvalue weighted by Crippen LogP contribution is -2.44. The number of amides is 1. The van der Waals surface area contributed by atoms with Gasteiger partial charge in [-0.2, -0.15) is 0 Å². The molecule has 19 heavy (non-hydrogen) atoms. The second kappa shape index (κ2) is 6.39. The molecule has 1 aliphatic rings. The number of nitrogens with one attached hydrogen (secondary N) is 1. The van der Waals surface area contributed by atoms with Crippen LogP contribution in [0.5, 0.6) is 5.75 Å². The standard InChI is InChI=1S/C14H19BrN2O2/c1-17(14(18)5-10-7-16-8-10)9-11-6-12(15)3-4-13(11)19-2/h3-4,6,10,16H,5,7-9H2,1-2H3. The Kier molecular flexibility index (Phi) is 4.82. The van der Waals surface area contributed by atoms with E-state index in [1.54, 1.807) is 12.0 Å². The number of hydrogen-bond donors (Lipinski definition) is 1. The summed E-state index contributed by atoms with van der Waals surface area (Å²) in [6.07, 6.45) is 0.625. The van der Waals surface area contributed by atoms with E-state index in [0.717, 1.165) is 28.9 Å². The van der Waals surface area contributed by atoms with E-state index in [2.05, 4.69) is 21.2 Å². The maximum atomic E-state index is 12.1. The molecule has 4 nitrogen and oxygen atoms in total. The predicted octanol–water partition coefficient (Wildman–Crippen LogP) is 2.03. The van der Waals surface area contributed by atoms with Gasteiger partial charge in [-0.3, -0.25) is 4.79 Å². The van der Waals surface area contributed by atoms with Crippen LogP contribution in [0, 0.1) is 5.92 Å². The molecule has 0 radical (unpaired) electrons. The van der Waals surface area contributed by atoms with Gasteiger partial charge in [0.05, 0.1) is 7.11 Å². The van der Waals surface area contributed by atoms with Gasteiger partial charge < -0.3 is 15.0 Å². The first-order valence-corrected chi connectivity index (χ1v) is 7.16. The number of ether oxygens (including phenoxy) is 1. The smallest absolute Gasteiger partial charge is 0.222 e. The van der Waals surface area contributed by atoms with Gasteiger partial charge in [0.2, 0.25) is 5.91 Å². The summed E-state index contributed by atoms with van der Waals surface area (Å²) in [6.45, 7) is 2.49. The Morgan fingerprint density at radius 2 is 2.26 bits per heavy atom. The summed E-state index contributed by atoms with van der Waals surface area (Å²) < 4.78 is 6.32. The third-order valence-electron chi connectivity index (χ3n) is 3.41. The van der Waals surface area contributed by atoms with Crippen molar-refractivity contribution in [1.29, 1.82) is 0 Å². The van der Waals surface area contributed by atoms with Crippen molar-refractivity contribution in [2.24, 2.45) is 5.92 Å². The molecular weight excluding hydrogens is 308 g/mol. The molecule has 0 bridgehead atoms. The second-order valence-electron chi connectivity index (χ2n) is 4.93. The van der Waals surface area contributed by atoms with Crippen LogP contribution in [-0.2, 0) is 11.3 Å². The largest absolute Gasteiger partial charge is 0.496 e. The van der Waals surface area contributed by atoms with Crippen molar-refractivity contribution in [1.82, 2.24) is 10.2 Å². The van der Waals surface area contributed by atoms with E-state index >= 15 is 0 Å². The first-order chi connectivity index (χ1) is 9.10. The summed E-state index contributed by atoms with van der Waals surface area (Å²) >= 11 is 3.45. The quantitative estimate of drug-likeness (QED) is 0.900. The van der Waals surface area contributed by atoms with Crippen LogP contribution in [0.15, 0.2) is 22.7 Å². The number of benzene rings is 1. The van der Waals surface area contributed by atoms with Gasteiger partial charge in [-0.1, -0.05) is 15.9 Å². The summed E-state index contributed by atoms with van der Waals surface area (Å²) in [6, 6.07) is 5.84. The number of methoxy groups -OCH3 is 1. The van der Waals surface area contributed by atoms with Crippen LogP contribution in [-0.4, -0.2) is 38.1 Å². The van der Waals surface area contributed by atoms with E-state index in [0.29, 0.717) is 18.9 Å². The molecule has 1 heterocycles. The van der Waals surface area contributed by atoms with E-state index in [1.807, 2.05) is 25.2 Å². The lowest BCUT2D eigenvalue weighted by Gasteiger charge is -2.28. The Balaban J connectivity index is 1.98. The lowest BCUT2D eigenvalue weighted by molar-refractivity contribution is -0.131. The normalized spacial score (nSPS) is 14.9. The Labute approximate surface area is 122 Å². The number of nitrogens with zero attached hydrogens (tertiary/aromatic N) is 1. The molecular formula is C14H19BrN2O2. The predicted molar refractivity (Wildman–Crippen MR) is 78.1 cm³/mol. The van der Waals surface area contributed by atoms with Crippen LogP contribution in [0.4, 0.5) is 0 Å². The van der Waals surface area contributed by atoms with E-state index in [1.165, 1.54) is 0 Å². The fraction of sp³-hybridized carbons (Fsp3) is 0.500. The zero-order valence-corrected chi connectivity index (χ0v) is 12.9. The van der Waals surface area contributed by atoms with Crippen molar-refractivity contribution >= 4 is 21.8 Å². The molecule has 1 amide bonds. The third-order valence-corrected chi connectivity index (χ3v) is 3.90. The van der Waals surface area contributed by atoms with Gasteiger partial charge in [0.1, 0.15) is 5.75 Å². The van der Waals surface area contributed by atoms with Crippen LogP contribution in [0.2, 0.25) is 0 Å². The van der Waals surface area contributed by atoms with Crippen molar-refractivity contribution in [2.75, 3.05) is 27.2 Å². The molecule has 0 aliphatic carbocycles. The Morgan fingerprint density at radius 3 is 2.84 bits per heavy atom. The van der Waals surface area contributed by atoms with Crippen molar-refractivity contribution in [3.8, 4) is 5.75 Å². The molecule has 1 N–H and O–H groups in total. The summed E-state index contributed by atoms with van der Waals surface area (Å²) in [5.74, 6) is 1.50. The molecule has 1 aliphatic heterocycles. The first kappa shape index (κ1) is 14.3. The molecule has 1 saturated heterocycles.